The first-order valence-electron chi connectivity index (χ1n) is 10.7. The van der Waals surface area contributed by atoms with Crippen molar-refractivity contribution < 1.29 is 19.5 Å². The van der Waals surface area contributed by atoms with E-state index in [0.717, 1.165) is 22.8 Å². The Hall–Kier alpha value is -2.08. The molecule has 2 N–H and O–H groups in total. The first kappa shape index (κ1) is 24.1. The number of hydrogen-bond donors (Lipinski definition) is 2. The quantitative estimate of drug-likeness (QED) is 0.427. The van der Waals surface area contributed by atoms with Crippen LogP contribution in [0, 0.1) is 0 Å². The van der Waals surface area contributed by atoms with Crippen LogP contribution in [0.4, 0.5) is 0 Å². The van der Waals surface area contributed by atoms with E-state index in [1.165, 1.54) is 28.4 Å². The molecule has 0 aliphatic carbocycles. The van der Waals surface area contributed by atoms with Gasteiger partial charge in [0.15, 0.2) is 0 Å². The van der Waals surface area contributed by atoms with Gasteiger partial charge in [-0.2, -0.15) is 0 Å². The average Bonchev–Trinajstić information content (AvgIpc) is 2.80. The number of carboxylic acids is 1. The van der Waals surface area contributed by atoms with E-state index in [4.69, 9.17) is 12.2 Å². The fourth-order valence-electron chi connectivity index (χ4n) is 4.31. The molecule has 1 aromatic rings. The zero-order chi connectivity index (χ0) is 23.7. The Morgan fingerprint density at radius 3 is 2.70 bits per heavy atom. The Bertz CT molecular complexity index is 1000. The fourth-order valence-corrected chi connectivity index (χ4v) is 6.74. The van der Waals surface area contributed by atoms with Crippen LogP contribution in [-0.2, 0) is 14.4 Å². The number of aliphatic carboxylic acids is 1. The highest BCUT2D eigenvalue weighted by Crippen LogP contribution is 2.40. The molecule has 3 aliphatic heterocycles. The van der Waals surface area contributed by atoms with Crippen LogP contribution in [0.5, 0.6) is 0 Å². The van der Waals surface area contributed by atoms with Crippen molar-refractivity contribution in [1.29, 1.82) is 0 Å². The normalized spacial score (nSPS) is 24.3. The molecule has 0 aromatic heterocycles. The van der Waals surface area contributed by atoms with Gasteiger partial charge in [-0.05, 0) is 24.5 Å². The highest BCUT2D eigenvalue weighted by molar-refractivity contribution is 8.22. The number of hydrogen-bond acceptors (Lipinski definition) is 7. The van der Waals surface area contributed by atoms with Crippen LogP contribution >= 0.6 is 35.7 Å². The molecule has 0 bridgehead atoms. The van der Waals surface area contributed by atoms with Gasteiger partial charge in [0.1, 0.15) is 27.5 Å². The molecule has 8 nitrogen and oxygen atoms in total. The summed E-state index contributed by atoms with van der Waals surface area (Å²) in [4.78, 5) is 43.5. The summed E-state index contributed by atoms with van der Waals surface area (Å²) in [6.07, 6.45) is 0.945. The van der Waals surface area contributed by atoms with Crippen LogP contribution in [0.25, 0.3) is 0 Å². The molecule has 1 aromatic carbocycles. The number of amides is 2. The molecule has 3 atom stereocenters. The lowest BCUT2D eigenvalue weighted by Crippen LogP contribution is -2.71. The van der Waals surface area contributed by atoms with Gasteiger partial charge in [0.25, 0.3) is 5.91 Å². The van der Waals surface area contributed by atoms with Crippen molar-refractivity contribution in [2.45, 2.75) is 37.7 Å². The van der Waals surface area contributed by atoms with E-state index in [2.05, 4.69) is 22.0 Å². The minimum atomic E-state index is -1.12. The monoisotopic (exact) mass is 506 g/mol. The summed E-state index contributed by atoms with van der Waals surface area (Å²) < 4.78 is 0.826. The van der Waals surface area contributed by atoms with Gasteiger partial charge in [-0.1, -0.05) is 61.2 Å². The first-order chi connectivity index (χ1) is 15.8. The molecule has 2 fully saturated rings. The average molecular weight is 507 g/mol. The number of thiocarbonyl (C=S) groups is 1. The minimum Gasteiger partial charge on any atom is -0.477 e. The largest absolute Gasteiger partial charge is 0.477 e. The number of β-lactam (4-membered cyclic amide) rings is 1. The lowest BCUT2D eigenvalue weighted by Gasteiger charge is -2.49. The minimum absolute atomic E-state index is 0.0324. The maximum atomic E-state index is 13.6. The van der Waals surface area contributed by atoms with E-state index in [1.54, 1.807) is 6.92 Å². The van der Waals surface area contributed by atoms with Gasteiger partial charge in [-0.15, -0.1) is 11.8 Å². The second kappa shape index (κ2) is 10.0. The number of fused-ring (bicyclic) bond motifs is 1. The highest BCUT2D eigenvalue weighted by atomic mass is 32.2. The summed E-state index contributed by atoms with van der Waals surface area (Å²) in [5, 5.41) is 12.1. The summed E-state index contributed by atoms with van der Waals surface area (Å²) in [6.45, 7) is 5.15. The number of rotatable bonds is 7. The van der Waals surface area contributed by atoms with Crippen molar-refractivity contribution in [2.24, 2.45) is 0 Å². The lowest BCUT2D eigenvalue weighted by atomic mass is 10.0. The van der Waals surface area contributed by atoms with Crippen molar-refractivity contribution >= 4 is 57.8 Å². The van der Waals surface area contributed by atoms with Crippen molar-refractivity contribution in [3.8, 4) is 0 Å². The van der Waals surface area contributed by atoms with Crippen molar-refractivity contribution in [3.05, 3.63) is 47.2 Å². The van der Waals surface area contributed by atoms with Gasteiger partial charge in [0.05, 0.1) is 12.5 Å². The van der Waals surface area contributed by atoms with Crippen LogP contribution in [0.3, 0.4) is 0 Å². The number of thioether (sulfide) groups is 2. The van der Waals surface area contributed by atoms with Crippen LogP contribution in [0.15, 0.2) is 41.6 Å². The molecule has 3 unspecified atom stereocenters. The predicted octanol–water partition coefficient (Wildman–Crippen LogP) is 2.45. The molecule has 4 rings (SSSR count). The van der Waals surface area contributed by atoms with Crippen LogP contribution < -0.4 is 5.32 Å². The van der Waals surface area contributed by atoms with E-state index in [1.807, 2.05) is 30.3 Å². The van der Waals surface area contributed by atoms with Gasteiger partial charge >= 0.3 is 5.97 Å². The molecular weight excluding hydrogens is 480 g/mol. The van der Waals surface area contributed by atoms with Gasteiger partial charge in [0, 0.05) is 12.3 Å². The van der Waals surface area contributed by atoms with Gasteiger partial charge in [-0.25, -0.2) is 4.79 Å². The summed E-state index contributed by atoms with van der Waals surface area (Å²) in [5.74, 6) is -0.689. The first-order valence-corrected chi connectivity index (χ1v) is 13.2. The molecular formula is C22H26N4O4S3. The van der Waals surface area contributed by atoms with Gasteiger partial charge in [0.2, 0.25) is 5.91 Å². The van der Waals surface area contributed by atoms with Crippen molar-refractivity contribution in [2.75, 3.05) is 24.8 Å². The molecule has 33 heavy (non-hydrogen) atoms. The van der Waals surface area contributed by atoms with Gasteiger partial charge in [-0.3, -0.25) is 19.4 Å². The second-order valence-corrected chi connectivity index (χ2v) is 10.9. The predicted molar refractivity (Wildman–Crippen MR) is 133 cm³/mol. The molecule has 11 heteroatoms. The van der Waals surface area contributed by atoms with E-state index < -0.39 is 23.4 Å². The Balaban J connectivity index is 1.54. The molecule has 0 saturated carbocycles. The van der Waals surface area contributed by atoms with Crippen LogP contribution in [0.2, 0.25) is 0 Å². The lowest BCUT2D eigenvalue weighted by molar-refractivity contribution is -0.151. The number of benzene rings is 1. The number of carbonyl (C=O) groups excluding carboxylic acids is 2. The molecule has 2 amide bonds. The summed E-state index contributed by atoms with van der Waals surface area (Å²) in [7, 11) is 0. The fraction of sp³-hybridized carbons (Fsp3) is 0.455. The van der Waals surface area contributed by atoms with Crippen LogP contribution in [-0.4, -0.2) is 78.2 Å². The third kappa shape index (κ3) is 4.64. The van der Waals surface area contributed by atoms with Crippen LogP contribution in [0.1, 0.15) is 31.9 Å². The standard InChI is InChI=1S/C22H26N4O4S3/c1-3-9-24-11-25(12-33-22(24)31)17(14-7-5-4-6-8-14)18(27)23-15-19(28)26-16(21(29)30)13(2)10-32-20(15)26/h4-8,15,17,20H,3,9-12H2,1-2H3,(H,23,27)(H,29,30). The summed E-state index contributed by atoms with van der Waals surface area (Å²) >= 11 is 8.49. The zero-order valence-electron chi connectivity index (χ0n) is 18.4. The molecule has 2 saturated heterocycles. The topological polar surface area (TPSA) is 93.2 Å². The van der Waals surface area contributed by atoms with Crippen molar-refractivity contribution in [3.63, 3.8) is 0 Å². The SMILES string of the molecule is CCCN1CN(C(C(=O)NC2C(=O)N3C(C(=O)O)=C(C)CSC23)c2ccccc2)CSC1=S. The number of carbonyl (C=O) groups is 3. The Morgan fingerprint density at radius 1 is 1.30 bits per heavy atom. The summed E-state index contributed by atoms with van der Waals surface area (Å²) in [5.41, 5.74) is 1.52. The van der Waals surface area contributed by atoms with E-state index in [0.29, 0.717) is 23.9 Å². The van der Waals surface area contributed by atoms with Crippen molar-refractivity contribution in [1.82, 2.24) is 20.0 Å². The maximum absolute atomic E-state index is 13.6. The Morgan fingerprint density at radius 2 is 2.03 bits per heavy atom. The number of nitrogens with one attached hydrogen (secondary N) is 1. The molecule has 3 aliphatic rings. The third-order valence-corrected chi connectivity index (χ3v) is 8.85. The molecule has 0 radical (unpaired) electrons. The van der Waals surface area contributed by atoms with E-state index in [9.17, 15) is 19.5 Å². The van der Waals surface area contributed by atoms with Gasteiger partial charge < -0.3 is 15.3 Å². The molecule has 0 spiro atoms. The Kier molecular flexibility index (Phi) is 7.32. The molecule has 176 valence electrons. The molecule has 3 heterocycles. The summed E-state index contributed by atoms with van der Waals surface area (Å²) in [6, 6.07) is 8.16. The number of nitrogens with zero attached hydrogens (tertiary/aromatic N) is 3. The smallest absolute Gasteiger partial charge is 0.352 e. The second-order valence-electron chi connectivity index (χ2n) is 8.18. The third-order valence-electron chi connectivity index (χ3n) is 5.85. The number of carboxylic acid groups (broad SMARTS) is 1. The Labute approximate surface area is 206 Å². The van der Waals surface area contributed by atoms with E-state index >= 15 is 0 Å². The maximum Gasteiger partial charge on any atom is 0.352 e. The zero-order valence-corrected chi connectivity index (χ0v) is 20.8. The highest BCUT2D eigenvalue weighted by Gasteiger charge is 2.54. The van der Waals surface area contributed by atoms with E-state index in [-0.39, 0.29) is 17.5 Å².